The lowest BCUT2D eigenvalue weighted by Gasteiger charge is -2.34. The summed E-state index contributed by atoms with van der Waals surface area (Å²) in [6.07, 6.45) is -0.153. The molecule has 1 fully saturated rings. The summed E-state index contributed by atoms with van der Waals surface area (Å²) in [7, 11) is 0. The Kier molecular flexibility index (Phi) is 4.77. The molecule has 2 aromatic rings. The zero-order valence-electron chi connectivity index (χ0n) is 16.9. The van der Waals surface area contributed by atoms with Gasteiger partial charge in [-0.15, -0.1) is 0 Å². The molecule has 1 aliphatic rings. The molecule has 0 amide bonds. The number of nitrogens with zero attached hydrogens (tertiary/aromatic N) is 5. The highest BCUT2D eigenvalue weighted by Gasteiger charge is 2.29. The van der Waals surface area contributed by atoms with Gasteiger partial charge in [0.15, 0.2) is 5.82 Å². The van der Waals surface area contributed by atoms with Crippen molar-refractivity contribution >= 4 is 5.82 Å². The largest absolute Gasteiger partial charge is 0.366 e. The van der Waals surface area contributed by atoms with Crippen molar-refractivity contribution in [3.8, 4) is 0 Å². The van der Waals surface area contributed by atoms with Crippen LogP contribution in [0.2, 0.25) is 0 Å². The highest BCUT2D eigenvalue weighted by Crippen LogP contribution is 2.30. The minimum atomic E-state index is -0.153. The van der Waals surface area contributed by atoms with Crippen LogP contribution in [0.5, 0.6) is 0 Å². The molecule has 2 aromatic heterocycles. The molecule has 1 atom stereocenters. The van der Waals surface area contributed by atoms with Crippen LogP contribution in [0.4, 0.5) is 5.82 Å². The first-order chi connectivity index (χ1) is 12.0. The van der Waals surface area contributed by atoms with E-state index in [-0.39, 0.29) is 16.9 Å². The summed E-state index contributed by atoms with van der Waals surface area (Å²) in [6.45, 7) is 17.0. The van der Waals surface area contributed by atoms with Crippen LogP contribution in [0.1, 0.15) is 70.8 Å². The van der Waals surface area contributed by atoms with Crippen molar-refractivity contribution in [2.45, 2.75) is 65.4 Å². The van der Waals surface area contributed by atoms with Crippen LogP contribution in [-0.2, 0) is 15.6 Å². The van der Waals surface area contributed by atoms with Gasteiger partial charge in [0.1, 0.15) is 23.6 Å². The number of ether oxygens (including phenoxy) is 1. The summed E-state index contributed by atoms with van der Waals surface area (Å²) in [6, 6.07) is 2.11. The van der Waals surface area contributed by atoms with E-state index in [1.165, 1.54) is 0 Å². The monoisotopic (exact) mass is 358 g/mol. The lowest BCUT2D eigenvalue weighted by molar-refractivity contribution is 0.0339. The molecule has 3 rings (SSSR count). The maximum atomic E-state index is 5.89. The van der Waals surface area contributed by atoms with Crippen LogP contribution < -0.4 is 4.90 Å². The predicted octanol–water partition coefficient (Wildman–Crippen LogP) is 3.08. The minimum absolute atomic E-state index is 0.0375. The van der Waals surface area contributed by atoms with Gasteiger partial charge in [0.25, 0.3) is 0 Å². The Morgan fingerprint density at radius 3 is 2.38 bits per heavy atom. The van der Waals surface area contributed by atoms with Crippen LogP contribution in [0.3, 0.4) is 0 Å². The van der Waals surface area contributed by atoms with Gasteiger partial charge in [0, 0.05) is 23.4 Å². The number of nitrogens with one attached hydrogen (secondary N) is 1. The molecule has 26 heavy (non-hydrogen) atoms. The topological polar surface area (TPSA) is 79.8 Å². The van der Waals surface area contributed by atoms with Crippen molar-refractivity contribution in [2.75, 3.05) is 24.6 Å². The number of anilines is 1. The fraction of sp³-hybridized carbons (Fsp3) is 0.684. The average molecular weight is 358 g/mol. The second kappa shape index (κ2) is 6.61. The summed E-state index contributed by atoms with van der Waals surface area (Å²) in [5, 5.41) is 7.15. The number of aromatic nitrogens is 5. The lowest BCUT2D eigenvalue weighted by atomic mass is 9.90. The van der Waals surface area contributed by atoms with Crippen molar-refractivity contribution < 1.29 is 4.74 Å². The Morgan fingerprint density at radius 2 is 1.81 bits per heavy atom. The summed E-state index contributed by atoms with van der Waals surface area (Å²) >= 11 is 0. The average Bonchev–Trinajstić information content (AvgIpc) is 2.99. The minimum Gasteiger partial charge on any atom is -0.366 e. The van der Waals surface area contributed by atoms with E-state index in [2.05, 4.69) is 67.7 Å². The number of aryl methyl sites for hydroxylation is 1. The van der Waals surface area contributed by atoms with E-state index < -0.39 is 0 Å². The van der Waals surface area contributed by atoms with Crippen LogP contribution in [-0.4, -0.2) is 44.8 Å². The Labute approximate surface area is 155 Å². The van der Waals surface area contributed by atoms with E-state index in [0.717, 1.165) is 29.7 Å². The van der Waals surface area contributed by atoms with Gasteiger partial charge >= 0.3 is 0 Å². The molecule has 7 heteroatoms. The molecular weight excluding hydrogens is 328 g/mol. The molecule has 3 heterocycles. The molecule has 0 bridgehead atoms. The van der Waals surface area contributed by atoms with Crippen LogP contribution >= 0.6 is 0 Å². The van der Waals surface area contributed by atoms with Crippen molar-refractivity contribution in [2.24, 2.45) is 0 Å². The van der Waals surface area contributed by atoms with Gasteiger partial charge in [0.05, 0.1) is 18.8 Å². The van der Waals surface area contributed by atoms with E-state index in [0.29, 0.717) is 19.0 Å². The lowest BCUT2D eigenvalue weighted by Crippen LogP contribution is -2.40. The first-order valence-corrected chi connectivity index (χ1v) is 9.19. The number of aromatic amines is 1. The maximum Gasteiger partial charge on any atom is 0.181 e. The molecule has 1 unspecified atom stereocenters. The van der Waals surface area contributed by atoms with Gasteiger partial charge in [-0.1, -0.05) is 41.5 Å². The Hall–Kier alpha value is -2.02. The number of morpholine rings is 1. The number of rotatable bonds is 2. The molecule has 0 spiro atoms. The van der Waals surface area contributed by atoms with Gasteiger partial charge in [-0.3, -0.25) is 5.10 Å². The molecule has 142 valence electrons. The van der Waals surface area contributed by atoms with Crippen molar-refractivity contribution in [1.29, 1.82) is 0 Å². The van der Waals surface area contributed by atoms with Gasteiger partial charge in [-0.25, -0.2) is 15.0 Å². The predicted molar refractivity (Wildman–Crippen MR) is 101 cm³/mol. The molecule has 0 radical (unpaired) electrons. The molecule has 1 aliphatic heterocycles. The van der Waals surface area contributed by atoms with E-state index in [1.807, 2.05) is 6.92 Å². The third kappa shape index (κ3) is 4.03. The van der Waals surface area contributed by atoms with E-state index >= 15 is 0 Å². The second-order valence-electron chi connectivity index (χ2n) is 9.02. The molecule has 0 aromatic carbocycles. The van der Waals surface area contributed by atoms with Crippen LogP contribution in [0.15, 0.2) is 6.07 Å². The highest BCUT2D eigenvalue weighted by molar-refractivity contribution is 5.43. The zero-order valence-corrected chi connectivity index (χ0v) is 16.9. The van der Waals surface area contributed by atoms with Crippen LogP contribution in [0.25, 0.3) is 0 Å². The van der Waals surface area contributed by atoms with Gasteiger partial charge in [-0.2, -0.15) is 5.10 Å². The molecule has 1 N–H and O–H groups in total. The van der Waals surface area contributed by atoms with E-state index in [4.69, 9.17) is 14.7 Å². The SMILES string of the molecule is Cc1nc(C2CN(c3cc(C(C)(C)C)nc(C(C)(C)C)n3)CCO2)n[nH]1. The Bertz CT molecular complexity index is 739. The quantitative estimate of drug-likeness (QED) is 0.889. The number of H-pyrrole nitrogens is 1. The summed E-state index contributed by atoms with van der Waals surface area (Å²) in [5.41, 5.74) is 0.913. The van der Waals surface area contributed by atoms with Crippen molar-refractivity contribution in [1.82, 2.24) is 25.1 Å². The summed E-state index contributed by atoms with van der Waals surface area (Å²) < 4.78 is 5.89. The zero-order chi connectivity index (χ0) is 19.1. The Morgan fingerprint density at radius 1 is 1.08 bits per heavy atom. The van der Waals surface area contributed by atoms with Gasteiger partial charge in [-0.05, 0) is 6.92 Å². The first-order valence-electron chi connectivity index (χ1n) is 9.19. The fourth-order valence-corrected chi connectivity index (χ4v) is 2.83. The standard InChI is InChI=1S/C19H30N6O/c1-12-20-16(24-23-12)13-11-25(8-9-26-13)15-10-14(18(2,3)4)21-17(22-15)19(5,6)7/h10,13H,8-9,11H2,1-7H3,(H,20,23,24). The molecule has 0 saturated carbocycles. The van der Waals surface area contributed by atoms with Gasteiger partial charge < -0.3 is 9.64 Å². The Balaban J connectivity index is 1.94. The molecule has 1 saturated heterocycles. The third-order valence-electron chi connectivity index (χ3n) is 4.44. The normalized spacial score (nSPS) is 19.0. The van der Waals surface area contributed by atoms with Gasteiger partial charge in [0.2, 0.25) is 0 Å². The maximum absolute atomic E-state index is 5.89. The smallest absolute Gasteiger partial charge is 0.181 e. The number of hydrogen-bond acceptors (Lipinski definition) is 6. The molecule has 0 aliphatic carbocycles. The van der Waals surface area contributed by atoms with E-state index in [9.17, 15) is 0 Å². The molecular formula is C19H30N6O. The summed E-state index contributed by atoms with van der Waals surface area (Å²) in [4.78, 5) is 16.4. The number of hydrogen-bond donors (Lipinski definition) is 1. The highest BCUT2D eigenvalue weighted by atomic mass is 16.5. The summed E-state index contributed by atoms with van der Waals surface area (Å²) in [5.74, 6) is 3.33. The van der Waals surface area contributed by atoms with Crippen LogP contribution in [0, 0.1) is 6.92 Å². The first kappa shape index (κ1) is 18.8. The van der Waals surface area contributed by atoms with E-state index in [1.54, 1.807) is 0 Å². The fourth-order valence-electron chi connectivity index (χ4n) is 2.83. The van der Waals surface area contributed by atoms with Crippen molar-refractivity contribution in [3.63, 3.8) is 0 Å². The third-order valence-corrected chi connectivity index (χ3v) is 4.44. The van der Waals surface area contributed by atoms with Crippen molar-refractivity contribution in [3.05, 3.63) is 29.2 Å². The molecule has 7 nitrogen and oxygen atoms in total. The second-order valence-corrected chi connectivity index (χ2v) is 9.02.